The van der Waals surface area contributed by atoms with E-state index in [4.69, 9.17) is 0 Å². The summed E-state index contributed by atoms with van der Waals surface area (Å²) in [5.74, 6) is 0. The molecule has 0 amide bonds. The zero-order chi connectivity index (χ0) is 12.4. The average Bonchev–Trinajstić information content (AvgIpc) is 2.71. The van der Waals surface area contributed by atoms with Crippen molar-refractivity contribution in [1.29, 1.82) is 0 Å². The summed E-state index contributed by atoms with van der Waals surface area (Å²) in [5, 5.41) is 13.0. The molecule has 3 nitrogen and oxygen atoms in total. The normalized spacial score (nSPS) is 17.5. The van der Waals surface area contributed by atoms with E-state index in [0.29, 0.717) is 12.6 Å². The van der Waals surface area contributed by atoms with E-state index in [1.54, 1.807) is 0 Å². The second-order valence-electron chi connectivity index (χ2n) is 5.10. The van der Waals surface area contributed by atoms with Crippen molar-refractivity contribution in [3.05, 3.63) is 34.9 Å². The Hall–Kier alpha value is -0.900. The largest absolute Gasteiger partial charge is 0.387 e. The molecule has 0 aliphatic carbocycles. The van der Waals surface area contributed by atoms with Gasteiger partial charge in [0.05, 0.1) is 6.10 Å². The van der Waals surface area contributed by atoms with Crippen LogP contribution in [-0.2, 0) is 13.1 Å². The first-order valence-corrected chi connectivity index (χ1v) is 6.30. The molecule has 1 aliphatic heterocycles. The lowest BCUT2D eigenvalue weighted by Crippen LogP contribution is -2.24. The quantitative estimate of drug-likeness (QED) is 0.832. The Labute approximate surface area is 103 Å². The molecule has 0 bridgehead atoms. The summed E-state index contributed by atoms with van der Waals surface area (Å²) in [5.41, 5.74) is 3.79. The number of aliphatic hydroxyl groups excluding tert-OH is 1. The van der Waals surface area contributed by atoms with Gasteiger partial charge in [-0.15, -0.1) is 0 Å². The predicted molar refractivity (Wildman–Crippen MR) is 69.7 cm³/mol. The highest BCUT2D eigenvalue weighted by molar-refractivity contribution is 5.35. The van der Waals surface area contributed by atoms with Gasteiger partial charge in [-0.05, 0) is 37.6 Å². The lowest BCUT2D eigenvalue weighted by Gasteiger charge is -2.18. The summed E-state index contributed by atoms with van der Waals surface area (Å²) in [4.78, 5) is 2.44. The summed E-state index contributed by atoms with van der Waals surface area (Å²) in [6, 6.07) is 6.93. The Morgan fingerprint density at radius 3 is 2.65 bits per heavy atom. The fourth-order valence-electron chi connectivity index (χ4n) is 2.32. The van der Waals surface area contributed by atoms with E-state index in [-0.39, 0.29) is 0 Å². The van der Waals surface area contributed by atoms with Gasteiger partial charge in [-0.25, -0.2) is 0 Å². The molecule has 94 valence electrons. The van der Waals surface area contributed by atoms with Gasteiger partial charge in [-0.1, -0.05) is 18.2 Å². The van der Waals surface area contributed by atoms with Crippen LogP contribution in [0.5, 0.6) is 0 Å². The lowest BCUT2D eigenvalue weighted by molar-refractivity contribution is 0.177. The average molecular weight is 234 g/mol. The van der Waals surface area contributed by atoms with Gasteiger partial charge in [0.2, 0.25) is 0 Å². The van der Waals surface area contributed by atoms with Crippen LogP contribution in [-0.4, -0.2) is 29.6 Å². The number of nitrogens with one attached hydrogen (secondary N) is 1. The second-order valence-corrected chi connectivity index (χ2v) is 5.10. The van der Waals surface area contributed by atoms with Gasteiger partial charge in [-0.3, -0.25) is 4.90 Å². The molecule has 0 fully saturated rings. The third-order valence-electron chi connectivity index (χ3n) is 3.49. The van der Waals surface area contributed by atoms with Crippen molar-refractivity contribution < 1.29 is 5.11 Å². The molecule has 1 aromatic carbocycles. The van der Waals surface area contributed by atoms with Gasteiger partial charge < -0.3 is 10.4 Å². The molecule has 1 atom stereocenters. The first kappa shape index (κ1) is 12.6. The molecule has 1 aliphatic rings. The molecule has 0 spiro atoms. The van der Waals surface area contributed by atoms with Crippen LogP contribution in [0.3, 0.4) is 0 Å². The van der Waals surface area contributed by atoms with Crippen molar-refractivity contribution in [3.8, 4) is 0 Å². The minimum absolute atomic E-state index is 0.404. The minimum atomic E-state index is -0.404. The molecular weight excluding hydrogens is 212 g/mol. The Kier molecular flexibility index (Phi) is 3.82. The molecule has 0 aromatic heterocycles. The zero-order valence-electron chi connectivity index (χ0n) is 10.9. The van der Waals surface area contributed by atoms with Crippen molar-refractivity contribution in [2.75, 3.05) is 13.6 Å². The highest BCUT2D eigenvalue weighted by atomic mass is 16.3. The van der Waals surface area contributed by atoms with E-state index in [0.717, 1.165) is 18.7 Å². The van der Waals surface area contributed by atoms with Crippen LogP contribution in [0.1, 0.15) is 36.6 Å². The van der Waals surface area contributed by atoms with Crippen LogP contribution in [0.4, 0.5) is 0 Å². The van der Waals surface area contributed by atoms with Crippen molar-refractivity contribution >= 4 is 0 Å². The monoisotopic (exact) mass is 234 g/mol. The van der Waals surface area contributed by atoms with Crippen LogP contribution < -0.4 is 5.32 Å². The summed E-state index contributed by atoms with van der Waals surface area (Å²) in [6.07, 6.45) is -0.404. The molecule has 1 heterocycles. The van der Waals surface area contributed by atoms with E-state index in [1.165, 1.54) is 11.1 Å². The Morgan fingerprint density at radius 1 is 1.29 bits per heavy atom. The van der Waals surface area contributed by atoms with E-state index in [2.05, 4.69) is 36.2 Å². The third-order valence-corrected chi connectivity index (χ3v) is 3.49. The Morgan fingerprint density at radius 2 is 2.00 bits per heavy atom. The highest BCUT2D eigenvalue weighted by Gasteiger charge is 2.21. The van der Waals surface area contributed by atoms with E-state index < -0.39 is 6.10 Å². The van der Waals surface area contributed by atoms with Crippen molar-refractivity contribution in [1.82, 2.24) is 10.2 Å². The minimum Gasteiger partial charge on any atom is -0.387 e. The number of nitrogens with zero attached hydrogens (tertiary/aromatic N) is 1. The van der Waals surface area contributed by atoms with E-state index in [9.17, 15) is 5.11 Å². The molecule has 17 heavy (non-hydrogen) atoms. The predicted octanol–water partition coefficient (Wildman–Crippen LogP) is 1.66. The number of rotatable bonds is 4. The summed E-state index contributed by atoms with van der Waals surface area (Å²) < 4.78 is 0. The maximum absolute atomic E-state index is 9.95. The van der Waals surface area contributed by atoms with Gasteiger partial charge in [0, 0.05) is 25.7 Å². The van der Waals surface area contributed by atoms with Gasteiger partial charge in [-0.2, -0.15) is 0 Å². The molecule has 2 N–H and O–H groups in total. The zero-order valence-corrected chi connectivity index (χ0v) is 10.9. The van der Waals surface area contributed by atoms with Crippen LogP contribution in [0, 0.1) is 0 Å². The van der Waals surface area contributed by atoms with Crippen LogP contribution in [0.15, 0.2) is 18.2 Å². The van der Waals surface area contributed by atoms with Gasteiger partial charge >= 0.3 is 0 Å². The van der Waals surface area contributed by atoms with Crippen LogP contribution >= 0.6 is 0 Å². The number of fused-ring (bicyclic) bond motifs is 1. The second kappa shape index (κ2) is 5.17. The highest BCUT2D eigenvalue weighted by Crippen LogP contribution is 2.27. The van der Waals surface area contributed by atoms with Gasteiger partial charge in [0.1, 0.15) is 0 Å². The summed E-state index contributed by atoms with van der Waals surface area (Å²) >= 11 is 0. The Bertz CT molecular complexity index is 390. The lowest BCUT2D eigenvalue weighted by atomic mass is 10.0. The fourth-order valence-corrected chi connectivity index (χ4v) is 2.32. The molecule has 0 saturated carbocycles. The maximum Gasteiger partial charge on any atom is 0.0914 e. The number of benzene rings is 1. The number of aliphatic hydroxyl groups is 1. The number of hydrogen-bond acceptors (Lipinski definition) is 3. The molecule has 1 unspecified atom stereocenters. The molecule has 0 saturated heterocycles. The summed E-state index contributed by atoms with van der Waals surface area (Å²) in [6.45, 7) is 7.10. The van der Waals surface area contributed by atoms with Crippen LogP contribution in [0.25, 0.3) is 0 Å². The molecule has 3 heteroatoms. The van der Waals surface area contributed by atoms with Gasteiger partial charge in [0.15, 0.2) is 0 Å². The Balaban J connectivity index is 2.15. The molecular formula is C14H22N2O. The topological polar surface area (TPSA) is 35.5 Å². The third kappa shape index (κ3) is 2.68. The smallest absolute Gasteiger partial charge is 0.0914 e. The van der Waals surface area contributed by atoms with E-state index in [1.807, 2.05) is 13.1 Å². The number of likely N-dealkylation sites (N-methyl/N-ethyl adjacent to an activating group) is 1. The maximum atomic E-state index is 9.95. The molecule has 0 radical (unpaired) electrons. The SMILES string of the molecule is CNCC(O)c1ccc2c(c1)CN(C(C)C)C2. The van der Waals surface area contributed by atoms with E-state index >= 15 is 0 Å². The van der Waals surface area contributed by atoms with Crippen molar-refractivity contribution in [2.45, 2.75) is 39.1 Å². The number of hydrogen-bond donors (Lipinski definition) is 2. The molecule has 1 aromatic rings. The van der Waals surface area contributed by atoms with Crippen LogP contribution in [0.2, 0.25) is 0 Å². The van der Waals surface area contributed by atoms with Crippen molar-refractivity contribution in [2.24, 2.45) is 0 Å². The summed E-state index contributed by atoms with van der Waals surface area (Å²) in [7, 11) is 1.86. The molecule has 2 rings (SSSR count). The standard InChI is InChI=1S/C14H22N2O/c1-10(2)16-8-12-5-4-11(6-13(12)9-16)14(17)7-15-3/h4-6,10,14-15,17H,7-9H2,1-3H3. The first-order chi connectivity index (χ1) is 8.11. The first-order valence-electron chi connectivity index (χ1n) is 6.30. The fraction of sp³-hybridized carbons (Fsp3) is 0.571. The van der Waals surface area contributed by atoms with Crippen molar-refractivity contribution in [3.63, 3.8) is 0 Å². The van der Waals surface area contributed by atoms with Gasteiger partial charge in [0.25, 0.3) is 0 Å².